The van der Waals surface area contributed by atoms with Crippen LogP contribution in [0.2, 0.25) is 0 Å². The smallest absolute Gasteiger partial charge is 0.223 e. The highest BCUT2D eigenvalue weighted by atomic mass is 16.2. The molecular weight excluding hydrogens is 202 g/mol. The Bertz CT molecular complexity index is 245. The van der Waals surface area contributed by atoms with E-state index in [1.165, 1.54) is 0 Å². The van der Waals surface area contributed by atoms with Crippen LogP contribution in [0.1, 0.15) is 26.7 Å². The molecule has 0 saturated heterocycles. The molecule has 0 bridgehead atoms. The van der Waals surface area contributed by atoms with E-state index >= 15 is 0 Å². The van der Waals surface area contributed by atoms with Gasteiger partial charge in [0.05, 0.1) is 12.5 Å². The number of carbonyl (C=O) groups is 1. The highest BCUT2D eigenvalue weighted by Gasteiger charge is 2.09. The molecule has 0 atom stereocenters. The van der Waals surface area contributed by atoms with Gasteiger partial charge in [0.25, 0.3) is 0 Å². The van der Waals surface area contributed by atoms with E-state index in [2.05, 4.69) is 18.7 Å². The van der Waals surface area contributed by atoms with Gasteiger partial charge in [0.2, 0.25) is 5.91 Å². The molecule has 0 aliphatic heterocycles. The van der Waals surface area contributed by atoms with Gasteiger partial charge in [-0.05, 0) is 13.0 Å². The maximum absolute atomic E-state index is 11.6. The van der Waals surface area contributed by atoms with Gasteiger partial charge in [-0.15, -0.1) is 0 Å². The molecule has 0 aliphatic rings. The monoisotopic (exact) mass is 225 g/mol. The van der Waals surface area contributed by atoms with Gasteiger partial charge in [0, 0.05) is 33.1 Å². The van der Waals surface area contributed by atoms with Crippen molar-refractivity contribution in [2.75, 3.05) is 33.7 Å². The summed E-state index contributed by atoms with van der Waals surface area (Å²) in [5, 5.41) is 8.42. The summed E-state index contributed by atoms with van der Waals surface area (Å²) in [7, 11) is 3.78. The Labute approximate surface area is 98.8 Å². The quantitative estimate of drug-likeness (QED) is 0.657. The largest absolute Gasteiger partial charge is 0.345 e. The Balaban J connectivity index is 3.75. The lowest BCUT2D eigenvalue weighted by Crippen LogP contribution is -2.32. The number of amides is 1. The minimum atomic E-state index is 0.117. The maximum Gasteiger partial charge on any atom is 0.223 e. The highest BCUT2D eigenvalue weighted by Crippen LogP contribution is 1.99. The molecule has 4 heteroatoms. The van der Waals surface area contributed by atoms with Crippen molar-refractivity contribution in [2.45, 2.75) is 26.7 Å². The molecule has 0 aliphatic carbocycles. The molecule has 0 heterocycles. The van der Waals surface area contributed by atoms with Gasteiger partial charge in [-0.25, -0.2) is 0 Å². The van der Waals surface area contributed by atoms with E-state index in [-0.39, 0.29) is 5.91 Å². The lowest BCUT2D eigenvalue weighted by atomic mass is 10.2. The number of nitriles is 1. The molecule has 0 unspecified atom stereocenters. The Morgan fingerprint density at radius 1 is 1.31 bits per heavy atom. The molecule has 0 aromatic heterocycles. The topological polar surface area (TPSA) is 47.3 Å². The first kappa shape index (κ1) is 14.9. The van der Waals surface area contributed by atoms with Crippen LogP contribution in [0.4, 0.5) is 0 Å². The predicted octanol–water partition coefficient (Wildman–Crippen LogP) is 1.34. The summed E-state index contributed by atoms with van der Waals surface area (Å²) in [6.45, 7) is 6.65. The van der Waals surface area contributed by atoms with Crippen LogP contribution in [-0.2, 0) is 4.79 Å². The third-order valence-electron chi connectivity index (χ3n) is 2.37. The maximum atomic E-state index is 11.6. The molecule has 0 rings (SSSR count). The number of carbonyl (C=O) groups excluding carboxylic acids is 1. The lowest BCUT2D eigenvalue weighted by Gasteiger charge is -2.21. The van der Waals surface area contributed by atoms with Crippen molar-refractivity contribution in [1.82, 2.24) is 9.80 Å². The molecule has 0 saturated carbocycles. The summed E-state index contributed by atoms with van der Waals surface area (Å²) >= 11 is 0. The summed E-state index contributed by atoms with van der Waals surface area (Å²) in [5.41, 5.74) is 0. The van der Waals surface area contributed by atoms with E-state index in [0.717, 1.165) is 13.1 Å². The summed E-state index contributed by atoms with van der Waals surface area (Å²) in [5.74, 6) is 0.738. The van der Waals surface area contributed by atoms with E-state index in [1.807, 2.05) is 13.1 Å². The van der Waals surface area contributed by atoms with Gasteiger partial charge in [-0.2, -0.15) is 5.26 Å². The van der Waals surface area contributed by atoms with E-state index in [9.17, 15) is 4.79 Å². The first-order chi connectivity index (χ1) is 7.47. The van der Waals surface area contributed by atoms with Gasteiger partial charge in [-0.3, -0.25) is 4.79 Å². The molecule has 92 valence electrons. The number of hydrogen-bond donors (Lipinski definition) is 0. The molecule has 0 fully saturated rings. The van der Waals surface area contributed by atoms with E-state index < -0.39 is 0 Å². The highest BCUT2D eigenvalue weighted by molar-refractivity contribution is 5.76. The van der Waals surface area contributed by atoms with Crippen molar-refractivity contribution >= 4 is 5.91 Å². The van der Waals surface area contributed by atoms with Crippen LogP contribution in [0, 0.1) is 17.2 Å². The zero-order valence-corrected chi connectivity index (χ0v) is 10.9. The Morgan fingerprint density at radius 2 is 1.94 bits per heavy atom. The number of rotatable bonds is 7. The minimum absolute atomic E-state index is 0.117. The summed E-state index contributed by atoms with van der Waals surface area (Å²) < 4.78 is 0. The second kappa shape index (κ2) is 8.12. The van der Waals surface area contributed by atoms with Crippen molar-refractivity contribution in [3.05, 3.63) is 0 Å². The van der Waals surface area contributed by atoms with Crippen LogP contribution in [0.25, 0.3) is 0 Å². The molecule has 0 aromatic rings. The molecule has 0 N–H and O–H groups in total. The molecule has 1 amide bonds. The summed E-state index contributed by atoms with van der Waals surface area (Å²) in [6.07, 6.45) is 0.940. The van der Waals surface area contributed by atoms with Crippen molar-refractivity contribution in [3.8, 4) is 6.07 Å². The van der Waals surface area contributed by atoms with Crippen LogP contribution in [0.5, 0.6) is 0 Å². The van der Waals surface area contributed by atoms with Gasteiger partial charge < -0.3 is 9.80 Å². The Kier molecular flexibility index (Phi) is 7.57. The minimum Gasteiger partial charge on any atom is -0.345 e. The zero-order valence-electron chi connectivity index (χ0n) is 10.9. The second-order valence-electron chi connectivity index (χ2n) is 4.63. The van der Waals surface area contributed by atoms with Crippen LogP contribution in [-0.4, -0.2) is 49.4 Å². The Hall–Kier alpha value is -1.08. The van der Waals surface area contributed by atoms with Gasteiger partial charge in [0.1, 0.15) is 0 Å². The molecule has 0 radical (unpaired) electrons. The lowest BCUT2D eigenvalue weighted by molar-refractivity contribution is -0.130. The molecule has 0 spiro atoms. The third kappa shape index (κ3) is 7.24. The Morgan fingerprint density at radius 3 is 2.44 bits per heavy atom. The van der Waals surface area contributed by atoms with Crippen LogP contribution < -0.4 is 0 Å². The average molecular weight is 225 g/mol. The van der Waals surface area contributed by atoms with Crippen LogP contribution in [0.15, 0.2) is 0 Å². The van der Waals surface area contributed by atoms with Gasteiger partial charge in [-0.1, -0.05) is 13.8 Å². The van der Waals surface area contributed by atoms with E-state index in [0.29, 0.717) is 25.3 Å². The average Bonchev–Trinajstić information content (AvgIpc) is 2.21. The first-order valence-electron chi connectivity index (χ1n) is 5.76. The van der Waals surface area contributed by atoms with E-state index in [4.69, 9.17) is 5.26 Å². The fourth-order valence-electron chi connectivity index (χ4n) is 1.53. The van der Waals surface area contributed by atoms with Gasteiger partial charge >= 0.3 is 0 Å². The van der Waals surface area contributed by atoms with Crippen molar-refractivity contribution < 1.29 is 4.79 Å². The normalized spacial score (nSPS) is 10.6. The molecule has 4 nitrogen and oxygen atoms in total. The van der Waals surface area contributed by atoms with Crippen molar-refractivity contribution in [2.24, 2.45) is 5.92 Å². The number of nitrogens with zero attached hydrogens (tertiary/aromatic N) is 3. The molecule has 0 aromatic carbocycles. The van der Waals surface area contributed by atoms with Gasteiger partial charge in [0.15, 0.2) is 0 Å². The standard InChI is InChI=1S/C12H23N3O/c1-11(2)10-14(3)9-6-12(16)15(4)8-5-7-13/h11H,5-6,8-10H2,1-4H3. The number of hydrogen-bond acceptors (Lipinski definition) is 3. The zero-order chi connectivity index (χ0) is 12.6. The van der Waals surface area contributed by atoms with Crippen LogP contribution >= 0.6 is 0 Å². The second-order valence-corrected chi connectivity index (χ2v) is 4.63. The molecular formula is C12H23N3O. The molecule has 16 heavy (non-hydrogen) atoms. The summed E-state index contributed by atoms with van der Waals surface area (Å²) in [6, 6.07) is 2.04. The third-order valence-corrected chi connectivity index (χ3v) is 2.37. The first-order valence-corrected chi connectivity index (χ1v) is 5.76. The van der Waals surface area contributed by atoms with Crippen molar-refractivity contribution in [3.63, 3.8) is 0 Å². The van der Waals surface area contributed by atoms with Crippen molar-refractivity contribution in [1.29, 1.82) is 5.26 Å². The fourth-order valence-corrected chi connectivity index (χ4v) is 1.53. The fraction of sp³-hybridized carbons (Fsp3) is 0.833. The van der Waals surface area contributed by atoms with E-state index in [1.54, 1.807) is 11.9 Å². The van der Waals surface area contributed by atoms with Crippen LogP contribution in [0.3, 0.4) is 0 Å². The summed E-state index contributed by atoms with van der Waals surface area (Å²) in [4.78, 5) is 15.4. The SMILES string of the molecule is CC(C)CN(C)CCC(=O)N(C)CCC#N. The predicted molar refractivity (Wildman–Crippen MR) is 64.8 cm³/mol.